The minimum absolute atomic E-state index is 0.0247. The fraction of sp³-hybridized carbons (Fsp3) is 0.182. The van der Waals surface area contributed by atoms with E-state index in [1.165, 1.54) is 0 Å². The molecule has 2 unspecified atom stereocenters. The van der Waals surface area contributed by atoms with Crippen LogP contribution in [-0.2, 0) is 9.59 Å². The Hall–Kier alpha value is -2.96. The lowest BCUT2D eigenvalue weighted by Crippen LogP contribution is -2.50. The van der Waals surface area contributed by atoms with Crippen molar-refractivity contribution >= 4 is 34.5 Å². The third-order valence-electron chi connectivity index (χ3n) is 4.78. The minimum Gasteiger partial charge on any atom is -0.323 e. The molecule has 0 saturated carbocycles. The third kappa shape index (κ3) is 3.69. The van der Waals surface area contributed by atoms with Gasteiger partial charge in [0.05, 0.1) is 23.5 Å². The second-order valence-corrected chi connectivity index (χ2v) is 7.72. The molecule has 2 heterocycles. The Morgan fingerprint density at radius 2 is 1.82 bits per heavy atom. The van der Waals surface area contributed by atoms with Crippen LogP contribution in [0.1, 0.15) is 23.4 Å². The van der Waals surface area contributed by atoms with E-state index < -0.39 is 6.04 Å². The van der Waals surface area contributed by atoms with Crippen LogP contribution >= 0.6 is 11.3 Å². The van der Waals surface area contributed by atoms with Gasteiger partial charge in [0.1, 0.15) is 6.54 Å². The summed E-state index contributed by atoms with van der Waals surface area (Å²) in [6.07, 6.45) is 0. The molecule has 6 heteroatoms. The molecule has 4 rings (SSSR count). The van der Waals surface area contributed by atoms with E-state index >= 15 is 0 Å². The molecule has 0 aliphatic carbocycles. The first kappa shape index (κ1) is 18.4. The number of rotatable bonds is 5. The van der Waals surface area contributed by atoms with Gasteiger partial charge in [-0.05, 0) is 36.1 Å². The number of benzene rings is 2. The van der Waals surface area contributed by atoms with Gasteiger partial charge in [0.25, 0.3) is 0 Å². The predicted octanol–water partition coefficient (Wildman–Crippen LogP) is 3.80. The van der Waals surface area contributed by atoms with Crippen LogP contribution in [0.15, 0.2) is 72.1 Å². The smallest absolute Gasteiger partial charge is 0.244 e. The quantitative estimate of drug-likeness (QED) is 0.695. The van der Waals surface area contributed by atoms with Crippen LogP contribution in [0.2, 0.25) is 0 Å². The highest BCUT2D eigenvalue weighted by molar-refractivity contribution is 7.10. The number of thiophene rings is 1. The highest BCUT2D eigenvalue weighted by Crippen LogP contribution is 2.30. The number of anilines is 2. The van der Waals surface area contributed by atoms with Crippen molar-refractivity contribution in [2.24, 2.45) is 0 Å². The topological polar surface area (TPSA) is 61.4 Å². The van der Waals surface area contributed by atoms with Crippen LogP contribution in [0.5, 0.6) is 0 Å². The van der Waals surface area contributed by atoms with Crippen LogP contribution in [0.25, 0.3) is 0 Å². The molecule has 1 aliphatic heterocycles. The molecule has 142 valence electrons. The SMILES string of the molecule is CC(NC(c1ccccc1)c1cccs1)C(=O)N1CC(=O)Nc2ccccc21. The molecule has 0 bridgehead atoms. The van der Waals surface area contributed by atoms with E-state index in [9.17, 15) is 9.59 Å². The van der Waals surface area contributed by atoms with Gasteiger partial charge in [0, 0.05) is 4.88 Å². The number of carbonyl (C=O) groups excluding carboxylic acids is 2. The Labute approximate surface area is 168 Å². The predicted molar refractivity (Wildman–Crippen MR) is 113 cm³/mol. The number of para-hydroxylation sites is 2. The molecular formula is C22H21N3O2S. The van der Waals surface area contributed by atoms with Crippen molar-refractivity contribution in [2.45, 2.75) is 19.0 Å². The number of nitrogens with zero attached hydrogens (tertiary/aromatic N) is 1. The molecule has 1 aromatic heterocycles. The second-order valence-electron chi connectivity index (χ2n) is 6.74. The van der Waals surface area contributed by atoms with Crippen molar-refractivity contribution in [3.05, 3.63) is 82.6 Å². The van der Waals surface area contributed by atoms with Gasteiger partial charge < -0.3 is 5.32 Å². The van der Waals surface area contributed by atoms with E-state index in [4.69, 9.17) is 0 Å². The average molecular weight is 391 g/mol. The van der Waals surface area contributed by atoms with Crippen molar-refractivity contribution in [3.8, 4) is 0 Å². The van der Waals surface area contributed by atoms with Gasteiger partial charge in [-0.2, -0.15) is 0 Å². The summed E-state index contributed by atoms with van der Waals surface area (Å²) in [6, 6.07) is 21.0. The Morgan fingerprint density at radius 3 is 2.57 bits per heavy atom. The zero-order valence-electron chi connectivity index (χ0n) is 15.5. The standard InChI is InChI=1S/C22H21N3O2S/c1-15(22(27)25-14-20(26)24-17-10-5-6-11-18(17)25)23-21(19-12-7-13-28-19)16-8-3-2-4-9-16/h2-13,15,21,23H,14H2,1H3,(H,24,26). The Bertz CT molecular complexity index is 972. The molecule has 28 heavy (non-hydrogen) atoms. The molecule has 1 aliphatic rings. The van der Waals surface area contributed by atoms with E-state index in [1.54, 1.807) is 16.2 Å². The number of hydrogen-bond donors (Lipinski definition) is 2. The lowest BCUT2D eigenvalue weighted by molar-refractivity contribution is -0.123. The van der Waals surface area contributed by atoms with Crippen molar-refractivity contribution in [1.29, 1.82) is 0 Å². The minimum atomic E-state index is -0.466. The van der Waals surface area contributed by atoms with Crippen molar-refractivity contribution in [2.75, 3.05) is 16.8 Å². The summed E-state index contributed by atoms with van der Waals surface area (Å²) in [5, 5.41) is 8.32. The summed E-state index contributed by atoms with van der Waals surface area (Å²) in [6.45, 7) is 1.87. The summed E-state index contributed by atoms with van der Waals surface area (Å²) in [5.74, 6) is -0.308. The Balaban J connectivity index is 1.59. The molecule has 0 spiro atoms. The molecule has 2 atom stereocenters. The maximum atomic E-state index is 13.2. The highest BCUT2D eigenvalue weighted by atomic mass is 32.1. The van der Waals surface area contributed by atoms with Crippen LogP contribution in [0.3, 0.4) is 0 Å². The molecule has 2 amide bonds. The third-order valence-corrected chi connectivity index (χ3v) is 5.72. The fourth-order valence-electron chi connectivity index (χ4n) is 3.43. The first-order chi connectivity index (χ1) is 13.6. The summed E-state index contributed by atoms with van der Waals surface area (Å²) >= 11 is 1.65. The van der Waals surface area contributed by atoms with Crippen LogP contribution in [-0.4, -0.2) is 24.4 Å². The van der Waals surface area contributed by atoms with Gasteiger partial charge in [0.15, 0.2) is 0 Å². The zero-order chi connectivity index (χ0) is 19.5. The summed E-state index contributed by atoms with van der Waals surface area (Å²) in [5.41, 5.74) is 2.49. The first-order valence-electron chi connectivity index (χ1n) is 9.18. The van der Waals surface area contributed by atoms with Gasteiger partial charge in [-0.25, -0.2) is 0 Å². The first-order valence-corrected chi connectivity index (χ1v) is 10.1. The zero-order valence-corrected chi connectivity index (χ0v) is 16.3. The number of fused-ring (bicyclic) bond motifs is 1. The van der Waals surface area contributed by atoms with Crippen LogP contribution in [0, 0.1) is 0 Å². The van der Waals surface area contributed by atoms with Crippen LogP contribution < -0.4 is 15.5 Å². The highest BCUT2D eigenvalue weighted by Gasteiger charge is 2.31. The van der Waals surface area contributed by atoms with Gasteiger partial charge in [-0.3, -0.25) is 19.8 Å². The van der Waals surface area contributed by atoms with Crippen molar-refractivity contribution < 1.29 is 9.59 Å². The van der Waals surface area contributed by atoms with Gasteiger partial charge >= 0.3 is 0 Å². The molecule has 2 N–H and O–H groups in total. The largest absolute Gasteiger partial charge is 0.323 e. The average Bonchev–Trinajstić information content (AvgIpc) is 3.25. The maximum Gasteiger partial charge on any atom is 0.244 e. The molecule has 2 aromatic carbocycles. The number of nitrogens with one attached hydrogen (secondary N) is 2. The molecule has 0 saturated heterocycles. The maximum absolute atomic E-state index is 13.2. The molecule has 3 aromatic rings. The molecule has 5 nitrogen and oxygen atoms in total. The fourth-order valence-corrected chi connectivity index (χ4v) is 4.24. The van der Waals surface area contributed by atoms with Gasteiger partial charge in [-0.15, -0.1) is 11.3 Å². The summed E-state index contributed by atoms with van der Waals surface area (Å²) < 4.78 is 0. The second kappa shape index (κ2) is 7.96. The monoisotopic (exact) mass is 391 g/mol. The lowest BCUT2D eigenvalue weighted by atomic mass is 10.0. The Morgan fingerprint density at radius 1 is 1.07 bits per heavy atom. The van der Waals surface area contributed by atoms with Crippen LogP contribution in [0.4, 0.5) is 11.4 Å². The summed E-state index contributed by atoms with van der Waals surface area (Å²) in [4.78, 5) is 28.0. The summed E-state index contributed by atoms with van der Waals surface area (Å²) in [7, 11) is 0. The van der Waals surface area contributed by atoms with E-state index in [0.29, 0.717) is 5.69 Å². The van der Waals surface area contributed by atoms with E-state index in [2.05, 4.69) is 28.8 Å². The van der Waals surface area contributed by atoms with E-state index in [0.717, 1.165) is 16.1 Å². The molecule has 0 radical (unpaired) electrons. The van der Waals surface area contributed by atoms with Crippen molar-refractivity contribution in [1.82, 2.24) is 5.32 Å². The van der Waals surface area contributed by atoms with E-state index in [1.807, 2.05) is 60.8 Å². The van der Waals surface area contributed by atoms with Gasteiger partial charge in [-0.1, -0.05) is 48.5 Å². The van der Waals surface area contributed by atoms with Gasteiger partial charge in [0.2, 0.25) is 11.8 Å². The lowest BCUT2D eigenvalue weighted by Gasteiger charge is -2.32. The number of hydrogen-bond acceptors (Lipinski definition) is 4. The number of amides is 2. The number of carbonyl (C=O) groups is 2. The normalized spacial score (nSPS) is 15.5. The molecular weight excluding hydrogens is 370 g/mol. The van der Waals surface area contributed by atoms with Crippen molar-refractivity contribution in [3.63, 3.8) is 0 Å². The van der Waals surface area contributed by atoms with E-state index in [-0.39, 0.29) is 24.4 Å². The Kier molecular flexibility index (Phi) is 5.23. The molecule has 0 fully saturated rings.